The second kappa shape index (κ2) is 6.35. The van der Waals surface area contributed by atoms with Crippen molar-refractivity contribution in [3.05, 3.63) is 0 Å². The summed E-state index contributed by atoms with van der Waals surface area (Å²) in [4.78, 5) is 11.5. The predicted molar refractivity (Wildman–Crippen MR) is 62.2 cm³/mol. The second-order valence-electron chi connectivity index (χ2n) is 4.65. The molecule has 5 heteroatoms. The first-order valence-corrected chi connectivity index (χ1v) is 5.87. The fraction of sp³-hybridized carbons (Fsp3) is 0.818. The van der Waals surface area contributed by atoms with Crippen LogP contribution < -0.4 is 11.1 Å². The van der Waals surface area contributed by atoms with Crippen molar-refractivity contribution in [1.82, 2.24) is 5.32 Å². The van der Waals surface area contributed by atoms with E-state index in [1.807, 2.05) is 0 Å². The molecule has 0 radical (unpaired) electrons. The van der Waals surface area contributed by atoms with Crippen molar-refractivity contribution < 1.29 is 10.0 Å². The Morgan fingerprint density at radius 2 is 2.19 bits per heavy atom. The van der Waals surface area contributed by atoms with Crippen LogP contribution in [0.4, 0.5) is 0 Å². The van der Waals surface area contributed by atoms with Gasteiger partial charge in [-0.3, -0.25) is 4.79 Å². The Kier molecular flexibility index (Phi) is 5.08. The van der Waals surface area contributed by atoms with E-state index in [2.05, 4.69) is 17.4 Å². The molecular weight excluding hydrogens is 206 g/mol. The van der Waals surface area contributed by atoms with Crippen molar-refractivity contribution in [2.45, 2.75) is 51.5 Å². The van der Waals surface area contributed by atoms with Crippen LogP contribution in [0.2, 0.25) is 0 Å². The Morgan fingerprint density at radius 3 is 2.88 bits per heavy atom. The lowest BCUT2D eigenvalue weighted by Gasteiger charge is -2.16. The molecule has 2 unspecified atom stereocenters. The highest BCUT2D eigenvalue weighted by atomic mass is 16.4. The van der Waals surface area contributed by atoms with Gasteiger partial charge >= 0.3 is 0 Å². The Balaban J connectivity index is 2.33. The van der Waals surface area contributed by atoms with Gasteiger partial charge in [-0.05, 0) is 25.2 Å². The molecule has 4 N–H and O–H groups in total. The van der Waals surface area contributed by atoms with Gasteiger partial charge in [-0.25, -0.2) is 0 Å². The number of hydrogen-bond donors (Lipinski definition) is 3. The molecule has 1 saturated carbocycles. The van der Waals surface area contributed by atoms with E-state index in [1.54, 1.807) is 0 Å². The molecule has 0 aromatic carbocycles. The van der Waals surface area contributed by atoms with Gasteiger partial charge in [-0.2, -0.15) is 0 Å². The summed E-state index contributed by atoms with van der Waals surface area (Å²) in [6.45, 7) is 2.25. The molecule has 1 aliphatic carbocycles. The van der Waals surface area contributed by atoms with Crippen LogP contribution in [0.25, 0.3) is 0 Å². The summed E-state index contributed by atoms with van der Waals surface area (Å²) in [7, 11) is 0. The largest absolute Gasteiger partial charge is 0.409 e. The van der Waals surface area contributed by atoms with Crippen molar-refractivity contribution in [1.29, 1.82) is 0 Å². The summed E-state index contributed by atoms with van der Waals surface area (Å²) >= 11 is 0. The summed E-state index contributed by atoms with van der Waals surface area (Å²) in [6, 6.07) is 0.254. The Bertz CT molecular complexity index is 266. The number of amides is 1. The summed E-state index contributed by atoms with van der Waals surface area (Å²) < 4.78 is 0. The van der Waals surface area contributed by atoms with Gasteiger partial charge in [-0.1, -0.05) is 24.9 Å². The molecule has 0 aliphatic heterocycles. The van der Waals surface area contributed by atoms with Gasteiger partial charge in [0.2, 0.25) is 5.91 Å². The zero-order chi connectivity index (χ0) is 12.0. The van der Waals surface area contributed by atoms with Crippen LogP contribution in [0.15, 0.2) is 5.16 Å². The van der Waals surface area contributed by atoms with Crippen molar-refractivity contribution in [3.8, 4) is 0 Å². The molecule has 0 spiro atoms. The monoisotopic (exact) mass is 227 g/mol. The van der Waals surface area contributed by atoms with E-state index in [4.69, 9.17) is 10.9 Å². The fourth-order valence-electron chi connectivity index (χ4n) is 2.11. The molecule has 5 nitrogen and oxygen atoms in total. The number of nitrogens with two attached hydrogens (primary N) is 1. The number of amidine groups is 1. The van der Waals surface area contributed by atoms with Crippen LogP contribution in [-0.2, 0) is 4.79 Å². The topological polar surface area (TPSA) is 87.7 Å². The number of carbonyl (C=O) groups is 1. The summed E-state index contributed by atoms with van der Waals surface area (Å²) in [5, 5.41) is 14.1. The van der Waals surface area contributed by atoms with Crippen molar-refractivity contribution in [2.75, 3.05) is 0 Å². The minimum absolute atomic E-state index is 0.0252. The van der Waals surface area contributed by atoms with Crippen LogP contribution in [0, 0.1) is 5.92 Å². The minimum Gasteiger partial charge on any atom is -0.409 e. The van der Waals surface area contributed by atoms with Gasteiger partial charge in [0.25, 0.3) is 0 Å². The molecule has 0 heterocycles. The first kappa shape index (κ1) is 12.8. The summed E-state index contributed by atoms with van der Waals surface area (Å²) in [6.07, 6.45) is 5.61. The van der Waals surface area contributed by atoms with Crippen LogP contribution in [0.3, 0.4) is 0 Å². The molecule has 1 rings (SSSR count). The maximum absolute atomic E-state index is 11.5. The quantitative estimate of drug-likeness (QED) is 0.223. The molecule has 1 aliphatic rings. The fourth-order valence-corrected chi connectivity index (χ4v) is 2.11. The third-order valence-corrected chi connectivity index (χ3v) is 3.09. The lowest BCUT2D eigenvalue weighted by Crippen LogP contribution is -2.36. The highest BCUT2D eigenvalue weighted by Gasteiger charge is 2.18. The van der Waals surface area contributed by atoms with Crippen LogP contribution in [-0.4, -0.2) is 23.0 Å². The second-order valence-corrected chi connectivity index (χ2v) is 4.65. The van der Waals surface area contributed by atoms with Gasteiger partial charge in [0, 0.05) is 6.04 Å². The molecule has 1 fully saturated rings. The van der Waals surface area contributed by atoms with E-state index in [9.17, 15) is 4.79 Å². The summed E-state index contributed by atoms with van der Waals surface area (Å²) in [5.74, 6) is 0.556. The molecular formula is C11H21N3O2. The third kappa shape index (κ3) is 4.51. The van der Waals surface area contributed by atoms with Gasteiger partial charge in [0.1, 0.15) is 5.84 Å². The number of nitrogens with one attached hydrogen (secondary N) is 1. The molecule has 92 valence electrons. The number of hydrogen-bond acceptors (Lipinski definition) is 3. The molecule has 2 atom stereocenters. The highest BCUT2D eigenvalue weighted by Crippen LogP contribution is 2.22. The Morgan fingerprint density at radius 1 is 1.44 bits per heavy atom. The maximum Gasteiger partial charge on any atom is 0.227 e. The van der Waals surface area contributed by atoms with Gasteiger partial charge < -0.3 is 16.3 Å². The SMILES string of the molecule is CC1CCCC(NC(=O)CC(N)=NO)CC1. The number of carbonyl (C=O) groups excluding carboxylic acids is 1. The molecule has 0 saturated heterocycles. The third-order valence-electron chi connectivity index (χ3n) is 3.09. The van der Waals surface area contributed by atoms with E-state index in [0.29, 0.717) is 0 Å². The van der Waals surface area contributed by atoms with Gasteiger partial charge in [0.05, 0.1) is 6.42 Å². The first-order chi connectivity index (χ1) is 7.61. The molecule has 0 bridgehead atoms. The van der Waals surface area contributed by atoms with E-state index >= 15 is 0 Å². The zero-order valence-corrected chi connectivity index (χ0v) is 9.78. The highest BCUT2D eigenvalue weighted by molar-refractivity contribution is 5.98. The van der Waals surface area contributed by atoms with Crippen LogP contribution in [0.5, 0.6) is 0 Å². The number of nitrogens with zero attached hydrogens (tertiary/aromatic N) is 1. The average molecular weight is 227 g/mol. The Hall–Kier alpha value is -1.26. The van der Waals surface area contributed by atoms with E-state index in [0.717, 1.165) is 31.6 Å². The molecule has 0 aromatic heterocycles. The van der Waals surface area contributed by atoms with Crippen molar-refractivity contribution in [2.24, 2.45) is 16.8 Å². The van der Waals surface area contributed by atoms with Crippen LogP contribution in [0.1, 0.15) is 45.4 Å². The van der Waals surface area contributed by atoms with Gasteiger partial charge in [-0.15, -0.1) is 0 Å². The normalized spacial score (nSPS) is 27.2. The molecule has 0 aromatic rings. The molecule has 1 amide bonds. The van der Waals surface area contributed by atoms with E-state index < -0.39 is 0 Å². The zero-order valence-electron chi connectivity index (χ0n) is 9.78. The standard InChI is InChI=1S/C11H21N3O2/c1-8-3-2-4-9(6-5-8)13-11(15)7-10(12)14-16/h8-9,16H,2-7H2,1H3,(H2,12,14)(H,13,15). The number of oxime groups is 1. The lowest BCUT2D eigenvalue weighted by atomic mass is 10.0. The van der Waals surface area contributed by atoms with Gasteiger partial charge in [0.15, 0.2) is 0 Å². The lowest BCUT2D eigenvalue weighted by molar-refractivity contribution is -0.120. The first-order valence-electron chi connectivity index (χ1n) is 5.87. The number of rotatable bonds is 3. The van der Waals surface area contributed by atoms with Crippen LogP contribution >= 0.6 is 0 Å². The smallest absolute Gasteiger partial charge is 0.227 e. The molecule has 16 heavy (non-hydrogen) atoms. The maximum atomic E-state index is 11.5. The summed E-state index contributed by atoms with van der Waals surface area (Å²) in [5.41, 5.74) is 5.27. The van der Waals surface area contributed by atoms with Crippen molar-refractivity contribution in [3.63, 3.8) is 0 Å². The van der Waals surface area contributed by atoms with E-state index in [-0.39, 0.29) is 24.2 Å². The van der Waals surface area contributed by atoms with Crippen molar-refractivity contribution >= 4 is 11.7 Å². The van der Waals surface area contributed by atoms with E-state index in [1.165, 1.54) is 6.42 Å². The average Bonchev–Trinajstić information content (AvgIpc) is 2.43. The Labute approximate surface area is 96.1 Å². The minimum atomic E-state index is -0.158. The predicted octanol–water partition coefficient (Wildman–Crippen LogP) is 1.21.